The first-order valence-corrected chi connectivity index (χ1v) is 6.49. The van der Waals surface area contributed by atoms with Gasteiger partial charge in [0.2, 0.25) is 0 Å². The van der Waals surface area contributed by atoms with Gasteiger partial charge in [-0.15, -0.1) is 0 Å². The van der Waals surface area contributed by atoms with Crippen LogP contribution in [0.3, 0.4) is 0 Å². The molecule has 0 aliphatic rings. The minimum atomic E-state index is -0.189. The minimum Gasteiger partial charge on any atom is -0.484 e. The number of pyridine rings is 1. The lowest BCUT2D eigenvalue weighted by Crippen LogP contribution is -2.21. The van der Waals surface area contributed by atoms with Crippen molar-refractivity contribution >= 4 is 11.6 Å². The van der Waals surface area contributed by atoms with E-state index in [1.165, 1.54) is 0 Å². The normalized spacial score (nSPS) is 10.2. The van der Waals surface area contributed by atoms with Crippen LogP contribution in [0.4, 0.5) is 5.69 Å². The SMILES string of the molecule is Cc1cc(C)c(NC(=O)COc2ccccc2)c(C)n1. The van der Waals surface area contributed by atoms with Gasteiger partial charge in [0.05, 0.1) is 11.4 Å². The molecule has 1 aromatic heterocycles. The zero-order valence-corrected chi connectivity index (χ0v) is 11.9. The third kappa shape index (κ3) is 3.57. The number of aromatic nitrogens is 1. The molecule has 0 saturated heterocycles. The number of ether oxygens (including phenoxy) is 1. The molecule has 2 aromatic rings. The van der Waals surface area contributed by atoms with Crippen LogP contribution in [0, 0.1) is 20.8 Å². The summed E-state index contributed by atoms with van der Waals surface area (Å²) in [5.41, 5.74) is 3.52. The molecule has 0 unspecified atom stereocenters. The van der Waals surface area contributed by atoms with Gasteiger partial charge < -0.3 is 10.1 Å². The van der Waals surface area contributed by atoms with Gasteiger partial charge >= 0.3 is 0 Å². The molecule has 1 N–H and O–H groups in total. The van der Waals surface area contributed by atoms with Crippen molar-refractivity contribution < 1.29 is 9.53 Å². The van der Waals surface area contributed by atoms with Crippen LogP contribution in [-0.2, 0) is 4.79 Å². The van der Waals surface area contributed by atoms with Crippen molar-refractivity contribution in [3.8, 4) is 5.75 Å². The van der Waals surface area contributed by atoms with Crippen molar-refractivity contribution in [1.29, 1.82) is 0 Å². The summed E-state index contributed by atoms with van der Waals surface area (Å²) in [6, 6.07) is 11.2. The van der Waals surface area contributed by atoms with Crippen molar-refractivity contribution in [3.63, 3.8) is 0 Å². The summed E-state index contributed by atoms with van der Waals surface area (Å²) in [4.78, 5) is 16.3. The number of anilines is 1. The summed E-state index contributed by atoms with van der Waals surface area (Å²) in [6.07, 6.45) is 0. The first-order valence-electron chi connectivity index (χ1n) is 6.49. The first kappa shape index (κ1) is 14.1. The molecular weight excluding hydrogens is 252 g/mol. The number of rotatable bonds is 4. The lowest BCUT2D eigenvalue weighted by molar-refractivity contribution is -0.118. The van der Waals surface area contributed by atoms with Gasteiger partial charge in [0.1, 0.15) is 5.75 Å². The predicted molar refractivity (Wildman–Crippen MR) is 79.0 cm³/mol. The molecule has 104 valence electrons. The van der Waals surface area contributed by atoms with Crippen LogP contribution < -0.4 is 10.1 Å². The van der Waals surface area contributed by atoms with Crippen LogP contribution in [0.25, 0.3) is 0 Å². The number of carbonyl (C=O) groups excluding carboxylic acids is 1. The maximum absolute atomic E-state index is 11.9. The zero-order chi connectivity index (χ0) is 14.5. The maximum atomic E-state index is 11.9. The lowest BCUT2D eigenvalue weighted by atomic mass is 10.1. The quantitative estimate of drug-likeness (QED) is 0.929. The third-order valence-corrected chi connectivity index (χ3v) is 2.90. The summed E-state index contributed by atoms with van der Waals surface area (Å²) in [5.74, 6) is 0.490. The molecule has 4 nitrogen and oxygen atoms in total. The van der Waals surface area contributed by atoms with Crippen LogP contribution in [0.15, 0.2) is 36.4 Å². The highest BCUT2D eigenvalue weighted by Crippen LogP contribution is 2.19. The second-order valence-corrected chi connectivity index (χ2v) is 4.69. The van der Waals surface area contributed by atoms with E-state index in [9.17, 15) is 4.79 Å². The van der Waals surface area contributed by atoms with E-state index >= 15 is 0 Å². The number of hydrogen-bond acceptors (Lipinski definition) is 3. The molecule has 0 radical (unpaired) electrons. The molecule has 0 bridgehead atoms. The molecule has 0 aliphatic carbocycles. The average molecular weight is 270 g/mol. The Labute approximate surface area is 118 Å². The van der Waals surface area contributed by atoms with Crippen molar-refractivity contribution in [2.75, 3.05) is 11.9 Å². The summed E-state index contributed by atoms with van der Waals surface area (Å²) >= 11 is 0. The fraction of sp³-hybridized carbons (Fsp3) is 0.250. The van der Waals surface area contributed by atoms with E-state index in [0.29, 0.717) is 5.75 Å². The van der Waals surface area contributed by atoms with Crippen molar-refractivity contribution in [1.82, 2.24) is 4.98 Å². The number of nitrogens with zero attached hydrogens (tertiary/aromatic N) is 1. The Morgan fingerprint density at radius 3 is 2.55 bits per heavy atom. The van der Waals surface area contributed by atoms with E-state index in [-0.39, 0.29) is 12.5 Å². The van der Waals surface area contributed by atoms with Gasteiger partial charge in [-0.25, -0.2) is 0 Å². The molecule has 1 aromatic carbocycles. The maximum Gasteiger partial charge on any atom is 0.262 e. The molecule has 1 amide bonds. The molecule has 2 rings (SSSR count). The van der Waals surface area contributed by atoms with Crippen LogP contribution in [-0.4, -0.2) is 17.5 Å². The van der Waals surface area contributed by atoms with Crippen LogP contribution >= 0.6 is 0 Å². The molecule has 20 heavy (non-hydrogen) atoms. The van der Waals surface area contributed by atoms with Gasteiger partial charge in [0, 0.05) is 5.69 Å². The number of nitrogens with one attached hydrogen (secondary N) is 1. The smallest absolute Gasteiger partial charge is 0.262 e. The molecular formula is C16H18N2O2. The second-order valence-electron chi connectivity index (χ2n) is 4.69. The Morgan fingerprint density at radius 1 is 1.20 bits per heavy atom. The summed E-state index contributed by atoms with van der Waals surface area (Å²) in [7, 11) is 0. The number of carbonyl (C=O) groups is 1. The van der Waals surface area contributed by atoms with Gasteiger partial charge in [0.25, 0.3) is 5.91 Å². The van der Waals surface area contributed by atoms with Crippen LogP contribution in [0.1, 0.15) is 17.0 Å². The highest BCUT2D eigenvalue weighted by Gasteiger charge is 2.09. The number of amides is 1. The predicted octanol–water partition coefficient (Wildman–Crippen LogP) is 3.02. The lowest BCUT2D eigenvalue weighted by Gasteiger charge is -2.12. The van der Waals surface area contributed by atoms with E-state index in [1.807, 2.05) is 57.2 Å². The van der Waals surface area contributed by atoms with Crippen LogP contribution in [0.5, 0.6) is 5.75 Å². The number of aryl methyl sites for hydroxylation is 3. The Morgan fingerprint density at radius 2 is 1.90 bits per heavy atom. The van der Waals surface area contributed by atoms with Gasteiger partial charge in [0.15, 0.2) is 6.61 Å². The topological polar surface area (TPSA) is 51.2 Å². The zero-order valence-electron chi connectivity index (χ0n) is 11.9. The second kappa shape index (κ2) is 6.19. The average Bonchev–Trinajstić information content (AvgIpc) is 2.42. The standard InChI is InChI=1S/C16H18N2O2/c1-11-9-12(2)17-13(3)16(11)18-15(19)10-20-14-7-5-4-6-8-14/h4-9H,10H2,1-3H3,(H,18,19). The van der Waals surface area contributed by atoms with Crippen molar-refractivity contribution in [2.45, 2.75) is 20.8 Å². The van der Waals surface area contributed by atoms with E-state index in [4.69, 9.17) is 4.74 Å². The Hall–Kier alpha value is -2.36. The molecule has 0 saturated carbocycles. The molecule has 0 spiro atoms. The van der Waals surface area contributed by atoms with Crippen molar-refractivity contribution in [3.05, 3.63) is 53.3 Å². The van der Waals surface area contributed by atoms with Gasteiger partial charge in [-0.1, -0.05) is 18.2 Å². The molecule has 0 atom stereocenters. The molecule has 4 heteroatoms. The van der Waals surface area contributed by atoms with E-state index in [1.54, 1.807) is 0 Å². The number of benzene rings is 1. The number of hydrogen-bond donors (Lipinski definition) is 1. The van der Waals surface area contributed by atoms with Crippen molar-refractivity contribution in [2.24, 2.45) is 0 Å². The molecule has 0 fully saturated rings. The minimum absolute atomic E-state index is 0.0171. The van der Waals surface area contributed by atoms with Crippen LogP contribution in [0.2, 0.25) is 0 Å². The summed E-state index contributed by atoms with van der Waals surface area (Å²) < 4.78 is 5.41. The highest BCUT2D eigenvalue weighted by atomic mass is 16.5. The fourth-order valence-corrected chi connectivity index (χ4v) is 2.05. The Bertz CT molecular complexity index is 586. The first-order chi connectivity index (χ1) is 9.56. The Kier molecular flexibility index (Phi) is 4.35. The van der Waals surface area contributed by atoms with E-state index in [2.05, 4.69) is 10.3 Å². The van der Waals surface area contributed by atoms with Gasteiger partial charge in [-0.05, 0) is 44.5 Å². The largest absolute Gasteiger partial charge is 0.484 e. The van der Waals surface area contributed by atoms with E-state index in [0.717, 1.165) is 22.6 Å². The number of para-hydroxylation sites is 1. The molecule has 1 heterocycles. The fourth-order valence-electron chi connectivity index (χ4n) is 2.05. The van der Waals surface area contributed by atoms with Gasteiger partial charge in [-0.3, -0.25) is 9.78 Å². The third-order valence-electron chi connectivity index (χ3n) is 2.90. The van der Waals surface area contributed by atoms with E-state index < -0.39 is 0 Å². The Balaban J connectivity index is 1.98. The van der Waals surface area contributed by atoms with Gasteiger partial charge in [-0.2, -0.15) is 0 Å². The highest BCUT2D eigenvalue weighted by molar-refractivity contribution is 5.93. The monoisotopic (exact) mass is 270 g/mol. The summed E-state index contributed by atoms with van der Waals surface area (Å²) in [6.45, 7) is 5.75. The summed E-state index contributed by atoms with van der Waals surface area (Å²) in [5, 5.41) is 2.85. The molecule has 0 aliphatic heterocycles.